The van der Waals surface area contributed by atoms with E-state index < -0.39 is 0 Å². The highest BCUT2D eigenvalue weighted by molar-refractivity contribution is 5.75. The Kier molecular flexibility index (Phi) is 3.62. The highest BCUT2D eigenvalue weighted by atomic mass is 15.3. The molecule has 0 amide bonds. The fourth-order valence-electron chi connectivity index (χ4n) is 4.76. The molecule has 0 bridgehead atoms. The first-order chi connectivity index (χ1) is 12.8. The molecule has 3 heterocycles. The predicted octanol–water partition coefficient (Wildman–Crippen LogP) is 2.54. The Hall–Kier alpha value is -2.56. The number of nitrogens with zero attached hydrogens (tertiary/aromatic N) is 2. The van der Waals surface area contributed by atoms with Gasteiger partial charge in [-0.1, -0.05) is 37.6 Å². The van der Waals surface area contributed by atoms with Gasteiger partial charge in [-0.2, -0.15) is 10.2 Å². The number of hydrogen-bond acceptors (Lipinski definition) is 5. The molecule has 0 fully saturated rings. The maximum Gasteiger partial charge on any atom is 0.0743 e. The third-order valence-electron chi connectivity index (χ3n) is 6.09. The van der Waals surface area contributed by atoms with Crippen LogP contribution in [-0.2, 0) is 0 Å². The lowest BCUT2D eigenvalue weighted by atomic mass is 9.75. The van der Waals surface area contributed by atoms with Gasteiger partial charge in [-0.15, -0.1) is 0 Å². The normalized spacial score (nSPS) is 36.2. The molecule has 3 aliphatic heterocycles. The molecule has 5 heteroatoms. The zero-order valence-corrected chi connectivity index (χ0v) is 15.2. The molecule has 2 aliphatic carbocycles. The van der Waals surface area contributed by atoms with Crippen molar-refractivity contribution in [1.29, 1.82) is 0 Å². The highest BCUT2D eigenvalue weighted by Gasteiger charge is 2.37. The van der Waals surface area contributed by atoms with E-state index in [1.807, 2.05) is 6.21 Å². The summed E-state index contributed by atoms with van der Waals surface area (Å²) in [5.41, 5.74) is 13.3. The Labute approximate surface area is 154 Å². The van der Waals surface area contributed by atoms with Gasteiger partial charge in [-0.25, -0.2) is 0 Å². The monoisotopic (exact) mass is 347 g/mol. The van der Waals surface area contributed by atoms with E-state index in [9.17, 15) is 0 Å². The van der Waals surface area contributed by atoms with E-state index in [1.54, 1.807) is 0 Å². The Morgan fingerprint density at radius 2 is 1.85 bits per heavy atom. The molecule has 0 spiro atoms. The maximum absolute atomic E-state index is 4.31. The van der Waals surface area contributed by atoms with E-state index in [-0.39, 0.29) is 6.04 Å². The van der Waals surface area contributed by atoms with Crippen molar-refractivity contribution < 1.29 is 0 Å². The molecule has 0 saturated heterocycles. The molecule has 5 unspecified atom stereocenters. The van der Waals surface area contributed by atoms with Crippen molar-refractivity contribution in [2.24, 2.45) is 22.0 Å². The van der Waals surface area contributed by atoms with Crippen LogP contribution in [0.4, 0.5) is 0 Å². The lowest BCUT2D eigenvalue weighted by molar-refractivity contribution is 0.566. The van der Waals surface area contributed by atoms with E-state index in [1.165, 1.54) is 28.0 Å². The minimum Gasteiger partial charge on any atom is -0.374 e. The van der Waals surface area contributed by atoms with Gasteiger partial charge < -0.3 is 16.2 Å². The first kappa shape index (κ1) is 15.7. The molecule has 5 aliphatic rings. The van der Waals surface area contributed by atoms with Crippen LogP contribution < -0.4 is 16.2 Å². The zero-order valence-electron chi connectivity index (χ0n) is 15.2. The number of fused-ring (bicyclic) bond motifs is 3. The van der Waals surface area contributed by atoms with Crippen molar-refractivity contribution >= 4 is 12.4 Å². The largest absolute Gasteiger partial charge is 0.374 e. The van der Waals surface area contributed by atoms with Crippen molar-refractivity contribution in [3.63, 3.8) is 0 Å². The average Bonchev–Trinajstić information content (AvgIpc) is 3.31. The molecule has 0 aromatic rings. The van der Waals surface area contributed by atoms with Gasteiger partial charge in [0.15, 0.2) is 0 Å². The molecule has 5 rings (SSSR count). The third kappa shape index (κ3) is 2.30. The Morgan fingerprint density at radius 3 is 2.73 bits per heavy atom. The summed E-state index contributed by atoms with van der Waals surface area (Å²) in [6.45, 7) is 4.56. The van der Waals surface area contributed by atoms with Crippen LogP contribution in [0.1, 0.15) is 26.7 Å². The van der Waals surface area contributed by atoms with Crippen molar-refractivity contribution in [2.75, 3.05) is 0 Å². The molecule has 3 N–H and O–H groups in total. The fraction of sp³-hybridized carbons (Fsp3) is 0.429. The van der Waals surface area contributed by atoms with Gasteiger partial charge in [0, 0.05) is 30.0 Å². The van der Waals surface area contributed by atoms with Gasteiger partial charge in [0.25, 0.3) is 0 Å². The standard InChI is InChI=1S/C21H25N5/c1-3-4-15-12(2)20-16-11-23-26-18(16)7-8-19(20)24-21(15)13-5-6-17-14(9-13)10-22-25-17/h5-11,14,16-18,21,24-26H,3-4H2,1-2H3. The van der Waals surface area contributed by atoms with Gasteiger partial charge in [0.05, 0.1) is 18.1 Å². The average molecular weight is 347 g/mol. The van der Waals surface area contributed by atoms with Crippen molar-refractivity contribution in [3.8, 4) is 0 Å². The topological polar surface area (TPSA) is 60.8 Å². The highest BCUT2D eigenvalue weighted by Crippen LogP contribution is 2.40. The summed E-state index contributed by atoms with van der Waals surface area (Å²) >= 11 is 0. The first-order valence-corrected chi connectivity index (χ1v) is 9.62. The summed E-state index contributed by atoms with van der Waals surface area (Å²) in [6.07, 6.45) is 17.7. The Bertz CT molecular complexity index is 838. The summed E-state index contributed by atoms with van der Waals surface area (Å²) in [5.74, 6) is 0.689. The molecule has 5 nitrogen and oxygen atoms in total. The molecule has 0 aromatic heterocycles. The molecule has 0 saturated carbocycles. The Morgan fingerprint density at radius 1 is 1.04 bits per heavy atom. The predicted molar refractivity (Wildman–Crippen MR) is 106 cm³/mol. The minimum absolute atomic E-state index is 0.243. The molecular weight excluding hydrogens is 322 g/mol. The molecule has 134 valence electrons. The van der Waals surface area contributed by atoms with Crippen LogP contribution in [-0.4, -0.2) is 30.6 Å². The zero-order chi connectivity index (χ0) is 17.7. The SMILES string of the molecule is CCCC1=C(C)C2=C(C=CC3NN=CC23)NC1C1=CC2C=NNC2C=C1. The molecule has 26 heavy (non-hydrogen) atoms. The molecule has 0 radical (unpaired) electrons. The van der Waals surface area contributed by atoms with Gasteiger partial charge >= 0.3 is 0 Å². The van der Waals surface area contributed by atoms with Gasteiger partial charge in [0.2, 0.25) is 0 Å². The van der Waals surface area contributed by atoms with Crippen molar-refractivity contribution in [2.45, 2.75) is 44.8 Å². The van der Waals surface area contributed by atoms with Crippen LogP contribution in [0.25, 0.3) is 0 Å². The number of hydrogen-bond donors (Lipinski definition) is 3. The summed E-state index contributed by atoms with van der Waals surface area (Å²) in [7, 11) is 0. The van der Waals surface area contributed by atoms with Crippen LogP contribution in [0.3, 0.4) is 0 Å². The number of allylic oxidation sites excluding steroid dienone is 2. The number of rotatable bonds is 3. The van der Waals surface area contributed by atoms with Gasteiger partial charge in [0.1, 0.15) is 0 Å². The number of hydrazone groups is 2. The van der Waals surface area contributed by atoms with E-state index >= 15 is 0 Å². The van der Waals surface area contributed by atoms with Crippen LogP contribution in [0.5, 0.6) is 0 Å². The molecule has 0 aromatic carbocycles. The van der Waals surface area contributed by atoms with Crippen molar-refractivity contribution in [3.05, 3.63) is 58.4 Å². The second kappa shape index (κ2) is 6.01. The van der Waals surface area contributed by atoms with E-state index in [2.05, 4.69) is 76.8 Å². The van der Waals surface area contributed by atoms with E-state index in [0.29, 0.717) is 23.9 Å². The second-order valence-electron chi connectivity index (χ2n) is 7.66. The van der Waals surface area contributed by atoms with Gasteiger partial charge in [-0.3, -0.25) is 0 Å². The van der Waals surface area contributed by atoms with Crippen LogP contribution in [0.15, 0.2) is 68.6 Å². The van der Waals surface area contributed by atoms with Crippen LogP contribution >= 0.6 is 0 Å². The summed E-state index contributed by atoms with van der Waals surface area (Å²) in [5, 5.41) is 12.4. The maximum atomic E-state index is 4.31. The van der Waals surface area contributed by atoms with E-state index in [0.717, 1.165) is 12.8 Å². The fourth-order valence-corrected chi connectivity index (χ4v) is 4.76. The van der Waals surface area contributed by atoms with E-state index in [4.69, 9.17) is 0 Å². The quantitative estimate of drug-likeness (QED) is 0.735. The second-order valence-corrected chi connectivity index (χ2v) is 7.66. The summed E-state index contributed by atoms with van der Waals surface area (Å²) in [6, 6.07) is 0.848. The van der Waals surface area contributed by atoms with Crippen LogP contribution in [0, 0.1) is 11.8 Å². The lowest BCUT2D eigenvalue weighted by Gasteiger charge is -2.38. The Balaban J connectivity index is 1.54. The lowest BCUT2D eigenvalue weighted by Crippen LogP contribution is -2.42. The van der Waals surface area contributed by atoms with Crippen LogP contribution in [0.2, 0.25) is 0 Å². The minimum atomic E-state index is 0.243. The molecular formula is C21H25N5. The smallest absolute Gasteiger partial charge is 0.0743 e. The van der Waals surface area contributed by atoms with Crippen molar-refractivity contribution in [1.82, 2.24) is 16.2 Å². The third-order valence-corrected chi connectivity index (χ3v) is 6.09. The number of dihydropyridines is 1. The van der Waals surface area contributed by atoms with Gasteiger partial charge in [-0.05, 0) is 41.7 Å². The summed E-state index contributed by atoms with van der Waals surface area (Å²) in [4.78, 5) is 0. The number of nitrogens with one attached hydrogen (secondary N) is 3. The molecule has 5 atom stereocenters. The first-order valence-electron chi connectivity index (χ1n) is 9.62. The summed E-state index contributed by atoms with van der Waals surface area (Å²) < 4.78 is 0.